The summed E-state index contributed by atoms with van der Waals surface area (Å²) in [5.41, 5.74) is 1.89. The van der Waals surface area contributed by atoms with Crippen molar-refractivity contribution in [1.82, 2.24) is 4.90 Å². The lowest BCUT2D eigenvalue weighted by Crippen LogP contribution is -2.31. The van der Waals surface area contributed by atoms with Crippen LogP contribution in [0.4, 0.5) is 0 Å². The van der Waals surface area contributed by atoms with Crippen LogP contribution >= 0.6 is 39.9 Å². The SMILES string of the molecule is COCCN1C(=O)C(=Cc2ccc(OCc3ccc(Br)cc3)c(OC)c2)SC1=S. The number of thioether (sulfide) groups is 1. The van der Waals surface area contributed by atoms with Gasteiger partial charge in [0, 0.05) is 11.6 Å². The third-order valence-corrected chi connectivity index (χ3v) is 6.09. The van der Waals surface area contributed by atoms with Crippen LogP contribution < -0.4 is 9.47 Å². The monoisotopic (exact) mass is 493 g/mol. The summed E-state index contributed by atoms with van der Waals surface area (Å²) >= 11 is 10.0. The predicted octanol–water partition coefficient (Wildman–Crippen LogP) is 4.88. The molecule has 2 aromatic carbocycles. The molecule has 0 radical (unpaired) electrons. The van der Waals surface area contributed by atoms with E-state index in [0.717, 1.165) is 15.6 Å². The Kier molecular flexibility index (Phi) is 7.71. The van der Waals surface area contributed by atoms with Gasteiger partial charge in [-0.15, -0.1) is 0 Å². The lowest BCUT2D eigenvalue weighted by molar-refractivity contribution is -0.122. The van der Waals surface area contributed by atoms with Crippen molar-refractivity contribution in [1.29, 1.82) is 0 Å². The maximum absolute atomic E-state index is 12.6. The molecule has 0 atom stereocenters. The van der Waals surface area contributed by atoms with Crippen LogP contribution in [0.5, 0.6) is 11.5 Å². The molecule has 0 spiro atoms. The van der Waals surface area contributed by atoms with E-state index in [9.17, 15) is 4.79 Å². The maximum atomic E-state index is 12.6. The molecule has 1 saturated heterocycles. The molecule has 0 unspecified atom stereocenters. The van der Waals surface area contributed by atoms with Crippen molar-refractivity contribution < 1.29 is 19.0 Å². The number of hydrogen-bond acceptors (Lipinski definition) is 6. The minimum Gasteiger partial charge on any atom is -0.493 e. The zero-order chi connectivity index (χ0) is 20.8. The summed E-state index contributed by atoms with van der Waals surface area (Å²) in [7, 11) is 3.19. The number of rotatable bonds is 8. The summed E-state index contributed by atoms with van der Waals surface area (Å²) in [6, 6.07) is 13.5. The van der Waals surface area contributed by atoms with Gasteiger partial charge in [0.1, 0.15) is 10.9 Å². The summed E-state index contributed by atoms with van der Waals surface area (Å²) in [5, 5.41) is 0. The minimum absolute atomic E-state index is 0.105. The number of thiocarbonyl (C=S) groups is 1. The van der Waals surface area contributed by atoms with Gasteiger partial charge >= 0.3 is 0 Å². The second-order valence-corrected chi connectivity index (χ2v) is 8.74. The molecule has 1 fully saturated rings. The van der Waals surface area contributed by atoms with Gasteiger partial charge in [0.25, 0.3) is 5.91 Å². The van der Waals surface area contributed by atoms with E-state index in [4.69, 9.17) is 26.4 Å². The number of benzene rings is 2. The van der Waals surface area contributed by atoms with Crippen LogP contribution in [-0.4, -0.2) is 42.5 Å². The third kappa shape index (κ3) is 5.60. The molecule has 29 heavy (non-hydrogen) atoms. The molecular weight excluding hydrogens is 474 g/mol. The molecule has 1 aliphatic rings. The lowest BCUT2D eigenvalue weighted by atomic mass is 10.1. The zero-order valence-electron chi connectivity index (χ0n) is 16.0. The number of amides is 1. The number of nitrogens with zero attached hydrogens (tertiary/aromatic N) is 1. The summed E-state index contributed by atoms with van der Waals surface area (Å²) in [5.74, 6) is 1.14. The second kappa shape index (κ2) is 10.2. The van der Waals surface area contributed by atoms with Gasteiger partial charge in [-0.05, 0) is 41.5 Å². The first-order chi connectivity index (χ1) is 14.0. The Hall–Kier alpha value is -1.87. The normalized spacial score (nSPS) is 15.3. The number of carbonyl (C=O) groups is 1. The Bertz CT molecular complexity index is 931. The molecule has 3 rings (SSSR count). The number of hydrogen-bond donors (Lipinski definition) is 0. The highest BCUT2D eigenvalue weighted by atomic mass is 79.9. The molecule has 8 heteroatoms. The van der Waals surface area contributed by atoms with Gasteiger partial charge in [0.2, 0.25) is 0 Å². The number of ether oxygens (including phenoxy) is 3. The highest BCUT2D eigenvalue weighted by Gasteiger charge is 2.31. The van der Waals surface area contributed by atoms with Gasteiger partial charge in [-0.3, -0.25) is 9.69 Å². The fourth-order valence-electron chi connectivity index (χ4n) is 2.66. The maximum Gasteiger partial charge on any atom is 0.266 e. The first-order valence-electron chi connectivity index (χ1n) is 8.81. The molecule has 0 bridgehead atoms. The second-order valence-electron chi connectivity index (χ2n) is 6.15. The number of carbonyl (C=O) groups excluding carboxylic acids is 1. The highest BCUT2D eigenvalue weighted by molar-refractivity contribution is 9.10. The Balaban J connectivity index is 1.73. The Morgan fingerprint density at radius 3 is 2.59 bits per heavy atom. The minimum atomic E-state index is -0.105. The van der Waals surface area contributed by atoms with Crippen LogP contribution in [0.15, 0.2) is 51.8 Å². The Morgan fingerprint density at radius 2 is 1.90 bits per heavy atom. The molecular formula is C21H20BrNO4S2. The van der Waals surface area contributed by atoms with E-state index < -0.39 is 0 Å². The van der Waals surface area contributed by atoms with E-state index in [1.54, 1.807) is 19.1 Å². The van der Waals surface area contributed by atoms with Gasteiger partial charge in [0.15, 0.2) is 11.5 Å². The van der Waals surface area contributed by atoms with Gasteiger partial charge in [-0.25, -0.2) is 0 Å². The molecule has 1 heterocycles. The Labute approximate surface area is 188 Å². The van der Waals surface area contributed by atoms with E-state index in [2.05, 4.69) is 15.9 Å². The largest absolute Gasteiger partial charge is 0.493 e. The van der Waals surface area contributed by atoms with Gasteiger partial charge in [-0.1, -0.05) is 58.1 Å². The molecule has 0 saturated carbocycles. The van der Waals surface area contributed by atoms with Crippen LogP contribution in [0.2, 0.25) is 0 Å². The number of methoxy groups -OCH3 is 2. The zero-order valence-corrected chi connectivity index (χ0v) is 19.2. The number of halogens is 1. The van der Waals surface area contributed by atoms with Crippen LogP contribution in [0.25, 0.3) is 6.08 Å². The summed E-state index contributed by atoms with van der Waals surface area (Å²) < 4.78 is 18.0. The average Bonchev–Trinajstić information content (AvgIpc) is 2.99. The third-order valence-electron chi connectivity index (χ3n) is 4.19. The first-order valence-corrected chi connectivity index (χ1v) is 10.8. The van der Waals surface area contributed by atoms with Crippen LogP contribution in [0, 0.1) is 0 Å². The molecule has 5 nitrogen and oxygen atoms in total. The highest BCUT2D eigenvalue weighted by Crippen LogP contribution is 2.34. The first kappa shape index (κ1) is 21.8. The van der Waals surface area contributed by atoms with E-state index in [1.807, 2.05) is 48.5 Å². The molecule has 152 valence electrons. The fraction of sp³-hybridized carbons (Fsp3) is 0.238. The van der Waals surface area contributed by atoms with Crippen molar-refractivity contribution in [2.75, 3.05) is 27.4 Å². The van der Waals surface area contributed by atoms with Crippen molar-refractivity contribution in [3.05, 3.63) is 63.0 Å². The quantitative estimate of drug-likeness (QED) is 0.385. The summed E-state index contributed by atoms with van der Waals surface area (Å²) in [4.78, 5) is 14.7. The van der Waals surface area contributed by atoms with Gasteiger partial charge < -0.3 is 14.2 Å². The van der Waals surface area contributed by atoms with Crippen molar-refractivity contribution in [2.45, 2.75) is 6.61 Å². The average molecular weight is 494 g/mol. The summed E-state index contributed by atoms with van der Waals surface area (Å²) in [6.07, 6.45) is 1.81. The standard InChI is InChI=1S/C21H20BrNO4S2/c1-25-10-9-23-20(24)19(29-21(23)28)12-15-5-8-17(18(11-15)26-2)27-13-14-3-6-16(22)7-4-14/h3-8,11-12H,9-10,13H2,1-2H3. The molecule has 1 amide bonds. The van der Waals surface area contributed by atoms with E-state index in [1.165, 1.54) is 11.8 Å². The Morgan fingerprint density at radius 1 is 1.14 bits per heavy atom. The van der Waals surface area contributed by atoms with Crippen molar-refractivity contribution >= 4 is 56.2 Å². The van der Waals surface area contributed by atoms with Crippen molar-refractivity contribution in [2.24, 2.45) is 0 Å². The molecule has 0 aromatic heterocycles. The fourth-order valence-corrected chi connectivity index (χ4v) is 4.23. The smallest absolute Gasteiger partial charge is 0.266 e. The van der Waals surface area contributed by atoms with Gasteiger partial charge in [-0.2, -0.15) is 0 Å². The topological polar surface area (TPSA) is 48.0 Å². The lowest BCUT2D eigenvalue weighted by Gasteiger charge is -2.13. The van der Waals surface area contributed by atoms with E-state index in [-0.39, 0.29) is 5.91 Å². The van der Waals surface area contributed by atoms with E-state index >= 15 is 0 Å². The van der Waals surface area contributed by atoms with Crippen molar-refractivity contribution in [3.8, 4) is 11.5 Å². The predicted molar refractivity (Wildman–Crippen MR) is 123 cm³/mol. The van der Waals surface area contributed by atoms with Crippen LogP contribution in [0.3, 0.4) is 0 Å². The summed E-state index contributed by atoms with van der Waals surface area (Å²) in [6.45, 7) is 1.32. The van der Waals surface area contributed by atoms with Crippen LogP contribution in [-0.2, 0) is 16.1 Å². The molecule has 0 N–H and O–H groups in total. The molecule has 1 aliphatic heterocycles. The molecule has 2 aromatic rings. The van der Waals surface area contributed by atoms with Gasteiger partial charge in [0.05, 0.1) is 25.2 Å². The van der Waals surface area contributed by atoms with Crippen LogP contribution in [0.1, 0.15) is 11.1 Å². The molecule has 0 aliphatic carbocycles. The van der Waals surface area contributed by atoms with E-state index in [0.29, 0.717) is 40.5 Å². The van der Waals surface area contributed by atoms with Crippen molar-refractivity contribution in [3.63, 3.8) is 0 Å².